The summed E-state index contributed by atoms with van der Waals surface area (Å²) in [7, 11) is 0. The largest absolute Gasteiger partial charge is 0.456 e. The first-order chi connectivity index (χ1) is 27.3. The van der Waals surface area contributed by atoms with Gasteiger partial charge in [-0.3, -0.25) is 4.99 Å². The lowest BCUT2D eigenvalue weighted by atomic mass is 10.0. The van der Waals surface area contributed by atoms with Gasteiger partial charge in [0.15, 0.2) is 0 Å². The van der Waals surface area contributed by atoms with E-state index in [0.717, 1.165) is 71.7 Å². The molecule has 5 heteroatoms. The van der Waals surface area contributed by atoms with Crippen LogP contribution in [-0.2, 0) is 0 Å². The zero-order valence-electron chi connectivity index (χ0n) is 29.6. The molecule has 3 aromatic heterocycles. The molecule has 258 valence electrons. The van der Waals surface area contributed by atoms with Gasteiger partial charge in [-0.05, 0) is 66.2 Å². The van der Waals surface area contributed by atoms with Gasteiger partial charge in [0.25, 0.3) is 0 Å². The molecule has 0 aliphatic carbocycles. The van der Waals surface area contributed by atoms with Crippen LogP contribution in [0.2, 0.25) is 0 Å². The summed E-state index contributed by atoms with van der Waals surface area (Å²) < 4.78 is 11.5. The Morgan fingerprint density at radius 2 is 1.11 bits per heavy atom. The second-order valence-corrected chi connectivity index (χ2v) is 14.4. The maximum atomic E-state index is 6.72. The number of para-hydroxylation sites is 4. The maximum absolute atomic E-state index is 6.72. The number of furan rings is 1. The van der Waals surface area contributed by atoms with Gasteiger partial charge in [0, 0.05) is 60.5 Å². The van der Waals surface area contributed by atoms with E-state index in [0.29, 0.717) is 0 Å². The van der Waals surface area contributed by atoms with Crippen LogP contribution in [0.1, 0.15) is 17.3 Å². The Hall–Kier alpha value is -7.37. The molecule has 0 bridgehead atoms. The highest BCUT2D eigenvalue weighted by molar-refractivity contribution is 6.19. The Balaban J connectivity index is 1.06. The number of nitrogens with one attached hydrogen (secondary N) is 1. The number of benzene rings is 8. The second-order valence-electron chi connectivity index (χ2n) is 14.4. The van der Waals surface area contributed by atoms with Crippen molar-refractivity contribution in [3.8, 4) is 11.4 Å². The van der Waals surface area contributed by atoms with Crippen LogP contribution in [0.15, 0.2) is 191 Å². The summed E-state index contributed by atoms with van der Waals surface area (Å²) >= 11 is 0. The average molecular weight is 705 g/mol. The summed E-state index contributed by atoms with van der Waals surface area (Å²) in [6.07, 6.45) is -0.287. The minimum absolute atomic E-state index is 0.287. The minimum atomic E-state index is -0.287. The van der Waals surface area contributed by atoms with Crippen LogP contribution in [0.5, 0.6) is 0 Å². The molecule has 11 aromatic rings. The van der Waals surface area contributed by atoms with Crippen molar-refractivity contribution >= 4 is 71.2 Å². The van der Waals surface area contributed by atoms with E-state index < -0.39 is 0 Å². The molecule has 1 aliphatic rings. The van der Waals surface area contributed by atoms with Gasteiger partial charge in [0.1, 0.15) is 17.3 Å². The molecular formula is C50H32N4O. The quantitative estimate of drug-likeness (QED) is 0.198. The van der Waals surface area contributed by atoms with Crippen molar-refractivity contribution in [1.29, 1.82) is 0 Å². The average Bonchev–Trinajstić information content (AvgIpc) is 3.90. The van der Waals surface area contributed by atoms with E-state index in [-0.39, 0.29) is 6.17 Å². The molecular weight excluding hydrogens is 673 g/mol. The first-order valence-electron chi connectivity index (χ1n) is 18.7. The van der Waals surface area contributed by atoms with Crippen molar-refractivity contribution < 1.29 is 4.42 Å². The Bertz CT molecular complexity index is 3460. The smallest absolute Gasteiger partial charge is 0.146 e. The lowest BCUT2D eigenvalue weighted by Crippen LogP contribution is -2.39. The Kier molecular flexibility index (Phi) is 6.33. The molecule has 0 radical (unpaired) electrons. The van der Waals surface area contributed by atoms with E-state index in [4.69, 9.17) is 9.41 Å². The molecule has 5 nitrogen and oxygen atoms in total. The molecule has 1 N–H and O–H groups in total. The number of hydrogen-bond acceptors (Lipinski definition) is 3. The summed E-state index contributed by atoms with van der Waals surface area (Å²) in [5.74, 6) is 0. The standard InChI is InChI=1S/C50H32N4O/c1-3-14-31(15-4-1)49-36-20-7-10-22-41(36)51-50(52-49)38-21-13-25-46-48(38)37-27-26-33(28-47(37)55-46)54-43-24-12-9-19-35(43)40-29-39-34-18-8-11-23-42(34)53(44(39)30-45(40)54)32-16-5-2-6-17-32/h1-30,50,52H. The minimum Gasteiger partial charge on any atom is -0.456 e. The van der Waals surface area contributed by atoms with Crippen LogP contribution in [-0.4, -0.2) is 9.13 Å². The Morgan fingerprint density at radius 3 is 1.87 bits per heavy atom. The molecule has 1 atom stereocenters. The molecule has 1 unspecified atom stereocenters. The summed E-state index contributed by atoms with van der Waals surface area (Å²) in [4.78, 5) is 5.24. The van der Waals surface area contributed by atoms with E-state index >= 15 is 0 Å². The highest BCUT2D eigenvalue weighted by Gasteiger charge is 2.23. The molecule has 0 amide bonds. The lowest BCUT2D eigenvalue weighted by molar-refractivity contribution is 0.636. The molecule has 55 heavy (non-hydrogen) atoms. The second kappa shape index (κ2) is 11.6. The summed E-state index contributed by atoms with van der Waals surface area (Å²) in [6.45, 7) is 0. The molecule has 0 fully saturated rings. The first kappa shape index (κ1) is 30.1. The topological polar surface area (TPSA) is 47.4 Å². The zero-order chi connectivity index (χ0) is 36.0. The Labute approximate surface area is 315 Å². The third-order valence-electron chi connectivity index (χ3n) is 11.3. The van der Waals surface area contributed by atoms with Gasteiger partial charge in [-0.2, -0.15) is 0 Å². The van der Waals surface area contributed by atoms with E-state index in [1.54, 1.807) is 0 Å². The molecule has 12 rings (SSSR count). The number of nitrogens with zero attached hydrogens (tertiary/aromatic N) is 3. The maximum Gasteiger partial charge on any atom is 0.146 e. The third kappa shape index (κ3) is 4.44. The fourth-order valence-electron chi connectivity index (χ4n) is 8.95. The van der Waals surface area contributed by atoms with Gasteiger partial charge in [-0.25, -0.2) is 0 Å². The predicted molar refractivity (Wildman–Crippen MR) is 224 cm³/mol. The molecule has 8 aromatic carbocycles. The number of aromatic nitrogens is 2. The van der Waals surface area contributed by atoms with E-state index in [2.05, 4.69) is 196 Å². The van der Waals surface area contributed by atoms with Gasteiger partial charge < -0.3 is 18.9 Å². The van der Waals surface area contributed by atoms with Crippen LogP contribution < -0.4 is 15.9 Å². The predicted octanol–water partition coefficient (Wildman–Crippen LogP) is 10.9. The van der Waals surface area contributed by atoms with Crippen molar-refractivity contribution in [3.05, 3.63) is 204 Å². The molecule has 4 heterocycles. The third-order valence-corrected chi connectivity index (χ3v) is 11.3. The number of hydrogen-bond donors (Lipinski definition) is 1. The van der Waals surface area contributed by atoms with E-state index in [9.17, 15) is 0 Å². The van der Waals surface area contributed by atoms with Gasteiger partial charge in [-0.15, -0.1) is 0 Å². The monoisotopic (exact) mass is 704 g/mol. The number of rotatable bonds is 4. The first-order valence-corrected chi connectivity index (χ1v) is 18.7. The van der Waals surface area contributed by atoms with Crippen molar-refractivity contribution in [2.45, 2.75) is 6.17 Å². The molecule has 0 saturated heterocycles. The SMILES string of the molecule is c1ccc(C2=c3ccccc3=NC(c3cccc4oc5cc(-n6c7ccccc7c7cc8c9ccccc9n(-c9ccccc9)c8cc76)ccc5c34)N2)cc1. The van der Waals surface area contributed by atoms with Crippen LogP contribution >= 0.6 is 0 Å². The van der Waals surface area contributed by atoms with E-state index in [1.807, 2.05) is 0 Å². The molecule has 0 spiro atoms. The van der Waals surface area contributed by atoms with Gasteiger partial charge in [0.2, 0.25) is 0 Å². The van der Waals surface area contributed by atoms with Crippen molar-refractivity contribution in [2.75, 3.05) is 0 Å². The van der Waals surface area contributed by atoms with Crippen molar-refractivity contribution in [2.24, 2.45) is 4.99 Å². The van der Waals surface area contributed by atoms with Crippen molar-refractivity contribution in [3.63, 3.8) is 0 Å². The van der Waals surface area contributed by atoms with Crippen molar-refractivity contribution in [1.82, 2.24) is 14.5 Å². The number of fused-ring (bicyclic) bond motifs is 10. The van der Waals surface area contributed by atoms with E-state index in [1.165, 1.54) is 32.6 Å². The highest BCUT2D eigenvalue weighted by atomic mass is 16.3. The summed E-state index contributed by atoms with van der Waals surface area (Å²) in [5, 5.41) is 13.0. The van der Waals surface area contributed by atoms with Crippen LogP contribution in [0.3, 0.4) is 0 Å². The Morgan fingerprint density at radius 1 is 0.455 bits per heavy atom. The van der Waals surface area contributed by atoms with Gasteiger partial charge >= 0.3 is 0 Å². The summed E-state index contributed by atoms with van der Waals surface area (Å²) in [5.41, 5.74) is 11.9. The normalized spacial score (nSPS) is 14.3. The lowest BCUT2D eigenvalue weighted by Gasteiger charge is -2.23. The fourth-order valence-corrected chi connectivity index (χ4v) is 8.95. The van der Waals surface area contributed by atoms with Crippen LogP contribution in [0.4, 0.5) is 0 Å². The zero-order valence-corrected chi connectivity index (χ0v) is 29.6. The van der Waals surface area contributed by atoms with Crippen LogP contribution in [0.25, 0.3) is 82.6 Å². The molecule has 1 aliphatic heterocycles. The van der Waals surface area contributed by atoms with Gasteiger partial charge in [-0.1, -0.05) is 115 Å². The summed E-state index contributed by atoms with van der Waals surface area (Å²) in [6, 6.07) is 64.7. The van der Waals surface area contributed by atoms with Crippen LogP contribution in [0, 0.1) is 0 Å². The molecule has 0 saturated carbocycles. The van der Waals surface area contributed by atoms with Gasteiger partial charge in [0.05, 0.1) is 33.1 Å². The highest BCUT2D eigenvalue weighted by Crippen LogP contribution is 2.41. The fraction of sp³-hybridized carbons (Fsp3) is 0.0200.